The van der Waals surface area contributed by atoms with Crippen LogP contribution >= 0.6 is 0 Å². The topological polar surface area (TPSA) is 46.1 Å². The molecule has 1 heterocycles. The predicted molar refractivity (Wildman–Crippen MR) is 103 cm³/mol. The van der Waals surface area contributed by atoms with Gasteiger partial charge in [-0.05, 0) is 36.2 Å². The quantitative estimate of drug-likeness (QED) is 0.646. The average molecular weight is 387 g/mol. The van der Waals surface area contributed by atoms with Crippen molar-refractivity contribution in [3.63, 3.8) is 0 Å². The fourth-order valence-corrected chi connectivity index (χ4v) is 3.58. The summed E-state index contributed by atoms with van der Waals surface area (Å²) >= 11 is 0. The molecule has 1 fully saturated rings. The molecule has 1 aliphatic heterocycles. The molecule has 2 atom stereocenters. The lowest BCUT2D eigenvalue weighted by atomic mass is 10.1. The second-order valence-corrected chi connectivity index (χ2v) is 7.11. The maximum atomic E-state index is 14.0. The molecule has 0 amide bonds. The molecule has 2 aliphatic rings. The van der Waals surface area contributed by atoms with Crippen LogP contribution in [0.25, 0.3) is 0 Å². The molecule has 0 radical (unpaired) electrons. The lowest BCUT2D eigenvalue weighted by Gasteiger charge is -2.24. The molecule has 1 N–H and O–H groups in total. The number of aliphatic imine (C=N–C) groups is 1. The molecule has 0 bridgehead atoms. The summed E-state index contributed by atoms with van der Waals surface area (Å²) in [7, 11) is 3.62. The molecular weight excluding hydrogens is 364 g/mol. The van der Waals surface area contributed by atoms with E-state index in [-0.39, 0.29) is 17.5 Å². The van der Waals surface area contributed by atoms with Gasteiger partial charge in [0.25, 0.3) is 0 Å². The molecule has 7 heteroatoms. The number of nitrogens with one attached hydrogen (secondary N) is 1. The minimum Gasteiger partial charge on any atom is -0.486 e. The summed E-state index contributed by atoms with van der Waals surface area (Å²) in [6.45, 7) is 1.72. The number of hydrogen-bond acceptors (Lipinski definition) is 3. The van der Waals surface area contributed by atoms with Gasteiger partial charge in [0, 0.05) is 38.2 Å². The van der Waals surface area contributed by atoms with Gasteiger partial charge in [0.2, 0.25) is 0 Å². The van der Waals surface area contributed by atoms with Crippen molar-refractivity contribution in [3.05, 3.63) is 59.2 Å². The molecule has 0 spiro atoms. The maximum Gasteiger partial charge on any atom is 0.193 e. The summed E-state index contributed by atoms with van der Waals surface area (Å²) in [5.41, 5.74) is 1.21. The van der Waals surface area contributed by atoms with E-state index in [1.165, 1.54) is 18.2 Å². The van der Waals surface area contributed by atoms with Crippen LogP contribution in [0.4, 0.5) is 8.78 Å². The number of nitrogens with zero attached hydrogens (tertiary/aromatic N) is 2. The van der Waals surface area contributed by atoms with Gasteiger partial charge in [-0.1, -0.05) is 12.1 Å². The first-order chi connectivity index (χ1) is 13.6. The van der Waals surface area contributed by atoms with Crippen LogP contribution in [-0.2, 0) is 6.54 Å². The fraction of sp³-hybridized carbons (Fsp3) is 0.381. The highest BCUT2D eigenvalue weighted by Gasteiger charge is 2.42. The van der Waals surface area contributed by atoms with E-state index >= 15 is 0 Å². The highest BCUT2D eigenvalue weighted by molar-refractivity contribution is 5.80. The zero-order valence-electron chi connectivity index (χ0n) is 15.9. The van der Waals surface area contributed by atoms with Crippen LogP contribution in [0.1, 0.15) is 23.5 Å². The van der Waals surface area contributed by atoms with Gasteiger partial charge in [0.1, 0.15) is 24.8 Å². The van der Waals surface area contributed by atoms with Crippen molar-refractivity contribution >= 4 is 5.96 Å². The Morgan fingerprint density at radius 2 is 1.86 bits per heavy atom. The van der Waals surface area contributed by atoms with E-state index in [0.29, 0.717) is 32.1 Å². The van der Waals surface area contributed by atoms with Crippen molar-refractivity contribution < 1.29 is 18.3 Å². The molecule has 148 valence electrons. The molecule has 2 aromatic carbocycles. The molecular formula is C21H23F2N3O2. The lowest BCUT2D eigenvalue weighted by Crippen LogP contribution is -2.40. The third kappa shape index (κ3) is 3.74. The van der Waals surface area contributed by atoms with Gasteiger partial charge in [0.15, 0.2) is 17.5 Å². The fourth-order valence-electron chi connectivity index (χ4n) is 3.58. The van der Waals surface area contributed by atoms with Crippen molar-refractivity contribution in [2.75, 3.05) is 27.3 Å². The molecule has 5 nitrogen and oxygen atoms in total. The first-order valence-corrected chi connectivity index (χ1v) is 9.33. The summed E-state index contributed by atoms with van der Waals surface area (Å²) < 4.78 is 39.2. The Bertz CT molecular complexity index is 883. The summed E-state index contributed by atoms with van der Waals surface area (Å²) in [6, 6.07) is 9.82. The molecule has 0 aromatic heterocycles. The largest absolute Gasteiger partial charge is 0.486 e. The third-order valence-electron chi connectivity index (χ3n) is 5.08. The number of hydrogen-bond donors (Lipinski definition) is 1. The summed E-state index contributed by atoms with van der Waals surface area (Å²) in [4.78, 5) is 6.28. The first-order valence-electron chi connectivity index (χ1n) is 9.33. The number of guanidine groups is 1. The first kappa shape index (κ1) is 18.5. The lowest BCUT2D eigenvalue weighted by molar-refractivity contribution is 0.171. The Hall–Kier alpha value is -2.83. The number of ether oxygens (including phenoxy) is 2. The van der Waals surface area contributed by atoms with Gasteiger partial charge in [0.05, 0.1) is 0 Å². The van der Waals surface area contributed by atoms with Crippen LogP contribution in [0.3, 0.4) is 0 Å². The van der Waals surface area contributed by atoms with Gasteiger partial charge in [-0.15, -0.1) is 0 Å². The van der Waals surface area contributed by atoms with Crippen LogP contribution in [-0.4, -0.2) is 44.2 Å². The minimum atomic E-state index is -0.492. The molecule has 1 aliphatic carbocycles. The highest BCUT2D eigenvalue weighted by atomic mass is 19.1. The van der Waals surface area contributed by atoms with E-state index in [1.54, 1.807) is 7.05 Å². The Morgan fingerprint density at radius 1 is 1.14 bits per heavy atom. The Labute approximate surface area is 163 Å². The molecule has 2 aromatic rings. The number of fused-ring (bicyclic) bond motifs is 1. The average Bonchev–Trinajstić information content (AvgIpc) is 3.44. The predicted octanol–water partition coefficient (Wildman–Crippen LogP) is 3.30. The Kier molecular flexibility index (Phi) is 5.07. The monoisotopic (exact) mass is 387 g/mol. The second kappa shape index (κ2) is 7.66. The van der Waals surface area contributed by atoms with Crippen LogP contribution in [0.5, 0.6) is 11.5 Å². The summed E-state index contributed by atoms with van der Waals surface area (Å²) in [5, 5.41) is 3.31. The van der Waals surface area contributed by atoms with Crippen molar-refractivity contribution in [2.45, 2.75) is 24.9 Å². The van der Waals surface area contributed by atoms with Crippen LogP contribution in [0, 0.1) is 11.6 Å². The van der Waals surface area contributed by atoms with Crippen LogP contribution in [0.2, 0.25) is 0 Å². The van der Waals surface area contributed by atoms with Crippen molar-refractivity contribution in [1.82, 2.24) is 10.2 Å². The zero-order valence-corrected chi connectivity index (χ0v) is 15.9. The minimum absolute atomic E-state index is 0.0344. The second-order valence-electron chi connectivity index (χ2n) is 7.11. The van der Waals surface area contributed by atoms with E-state index in [0.717, 1.165) is 17.1 Å². The molecule has 4 rings (SSSR count). The number of halogens is 2. The van der Waals surface area contributed by atoms with E-state index < -0.39 is 11.6 Å². The standard InChI is InChI=1S/C21H23F2N3O2/c1-24-21(25-17-11-14(17)20-15(22)4-3-5-16(20)23)26(2)12-13-6-7-18-19(10-13)28-9-8-27-18/h3-7,10,14,17H,8-9,11-12H2,1-2H3,(H,24,25). The van der Waals surface area contributed by atoms with Gasteiger partial charge >= 0.3 is 0 Å². The van der Waals surface area contributed by atoms with E-state index in [9.17, 15) is 8.78 Å². The van der Waals surface area contributed by atoms with E-state index in [1.807, 2.05) is 30.1 Å². The van der Waals surface area contributed by atoms with Gasteiger partial charge in [-0.25, -0.2) is 8.78 Å². The number of rotatable bonds is 4. The van der Waals surface area contributed by atoms with E-state index in [4.69, 9.17) is 9.47 Å². The summed E-state index contributed by atoms with van der Waals surface area (Å²) in [5.74, 6) is 1.02. The Balaban J connectivity index is 1.40. The summed E-state index contributed by atoms with van der Waals surface area (Å²) in [6.07, 6.45) is 0.675. The normalized spacial score (nSPS) is 20.6. The maximum absolute atomic E-state index is 14.0. The van der Waals surface area contributed by atoms with Crippen molar-refractivity contribution in [3.8, 4) is 11.5 Å². The third-order valence-corrected chi connectivity index (χ3v) is 5.08. The van der Waals surface area contributed by atoms with Gasteiger partial charge < -0.3 is 19.7 Å². The molecule has 2 unspecified atom stereocenters. The van der Waals surface area contributed by atoms with Gasteiger partial charge in [-0.2, -0.15) is 0 Å². The van der Waals surface area contributed by atoms with Crippen molar-refractivity contribution in [2.24, 2.45) is 4.99 Å². The zero-order chi connectivity index (χ0) is 19.7. The molecule has 0 saturated heterocycles. The van der Waals surface area contributed by atoms with E-state index in [2.05, 4.69) is 10.3 Å². The number of benzene rings is 2. The van der Waals surface area contributed by atoms with Crippen LogP contribution in [0.15, 0.2) is 41.4 Å². The smallest absolute Gasteiger partial charge is 0.193 e. The van der Waals surface area contributed by atoms with Gasteiger partial charge in [-0.3, -0.25) is 4.99 Å². The Morgan fingerprint density at radius 3 is 2.57 bits per heavy atom. The van der Waals surface area contributed by atoms with Crippen molar-refractivity contribution in [1.29, 1.82) is 0 Å². The molecule has 28 heavy (non-hydrogen) atoms. The highest BCUT2D eigenvalue weighted by Crippen LogP contribution is 2.43. The molecule has 1 saturated carbocycles. The van der Waals surface area contributed by atoms with Crippen LogP contribution < -0.4 is 14.8 Å². The SMILES string of the molecule is CN=C(NC1CC1c1c(F)cccc1F)N(C)Cc1ccc2c(c1)OCCO2.